The van der Waals surface area contributed by atoms with E-state index in [1.807, 2.05) is 12.1 Å². The lowest BCUT2D eigenvalue weighted by atomic mass is 10.1. The number of piperazine rings is 1. The Labute approximate surface area is 240 Å². The molecule has 41 heavy (non-hydrogen) atoms. The van der Waals surface area contributed by atoms with Crippen molar-refractivity contribution >= 4 is 22.8 Å². The fourth-order valence-electron chi connectivity index (χ4n) is 4.82. The molecule has 1 N–H and O–H groups in total. The van der Waals surface area contributed by atoms with Gasteiger partial charge in [0.1, 0.15) is 16.5 Å². The number of aromatic nitrogens is 1. The van der Waals surface area contributed by atoms with Crippen LogP contribution >= 0.6 is 11.3 Å². The maximum atomic E-state index is 13.1. The SMILES string of the molecule is COc1ccc(N2CCN(Cc3nc(-c4ccc(C(F)(F)F)cc4)sc3CCC(=O)c3ccc(O)cc3)CC2)cc1. The Bertz CT molecular complexity index is 1460. The summed E-state index contributed by atoms with van der Waals surface area (Å²) < 4.78 is 44.5. The molecule has 6 nitrogen and oxygen atoms in total. The van der Waals surface area contributed by atoms with E-state index in [-0.39, 0.29) is 18.0 Å². The summed E-state index contributed by atoms with van der Waals surface area (Å²) in [5, 5.41) is 10.2. The number of alkyl halides is 3. The Morgan fingerprint density at radius 1 is 0.951 bits per heavy atom. The van der Waals surface area contributed by atoms with Gasteiger partial charge >= 0.3 is 6.18 Å². The van der Waals surface area contributed by atoms with Gasteiger partial charge in [-0.2, -0.15) is 13.2 Å². The van der Waals surface area contributed by atoms with Gasteiger partial charge in [-0.25, -0.2) is 4.98 Å². The molecular weight excluding hydrogens is 551 g/mol. The predicted octanol–water partition coefficient (Wildman–Crippen LogP) is 6.68. The van der Waals surface area contributed by atoms with E-state index in [2.05, 4.69) is 21.9 Å². The number of Topliss-reactive ketones (excluding diaryl/α,β-unsaturated/α-hetero) is 1. The van der Waals surface area contributed by atoms with Gasteiger partial charge in [-0.05, 0) is 67.1 Å². The van der Waals surface area contributed by atoms with E-state index in [1.54, 1.807) is 19.2 Å². The Hall–Kier alpha value is -3.89. The summed E-state index contributed by atoms with van der Waals surface area (Å²) in [6.07, 6.45) is -3.67. The number of ether oxygens (including phenoxy) is 1. The smallest absolute Gasteiger partial charge is 0.416 e. The van der Waals surface area contributed by atoms with Gasteiger partial charge in [-0.3, -0.25) is 9.69 Å². The van der Waals surface area contributed by atoms with E-state index in [0.717, 1.165) is 60.3 Å². The normalized spacial score (nSPS) is 14.3. The first-order valence-corrected chi connectivity index (χ1v) is 14.1. The largest absolute Gasteiger partial charge is 0.508 e. The van der Waals surface area contributed by atoms with Crippen molar-refractivity contribution in [2.24, 2.45) is 0 Å². The molecule has 0 unspecified atom stereocenters. The van der Waals surface area contributed by atoms with Crippen molar-refractivity contribution in [3.63, 3.8) is 0 Å². The van der Waals surface area contributed by atoms with Crippen molar-refractivity contribution in [2.45, 2.75) is 25.6 Å². The zero-order valence-corrected chi connectivity index (χ0v) is 23.3. The number of halogens is 3. The van der Waals surface area contributed by atoms with E-state index >= 15 is 0 Å². The number of rotatable bonds is 9. The Balaban J connectivity index is 1.31. The Morgan fingerprint density at radius 3 is 2.22 bits per heavy atom. The van der Waals surface area contributed by atoms with E-state index in [0.29, 0.717) is 29.1 Å². The highest BCUT2D eigenvalue weighted by molar-refractivity contribution is 7.15. The van der Waals surface area contributed by atoms with Crippen molar-refractivity contribution in [3.8, 4) is 22.1 Å². The van der Waals surface area contributed by atoms with Gasteiger partial charge in [0.25, 0.3) is 0 Å². The Morgan fingerprint density at radius 2 is 1.61 bits per heavy atom. The number of phenolic OH excluding ortho intramolecular Hbond substituents is 1. The minimum atomic E-state index is -4.40. The van der Waals surface area contributed by atoms with Gasteiger partial charge in [-0.15, -0.1) is 11.3 Å². The van der Waals surface area contributed by atoms with Crippen molar-refractivity contribution in [1.29, 1.82) is 0 Å². The van der Waals surface area contributed by atoms with Gasteiger partial charge in [0.2, 0.25) is 0 Å². The molecule has 0 bridgehead atoms. The number of thiazole rings is 1. The topological polar surface area (TPSA) is 65.9 Å². The molecule has 0 aliphatic carbocycles. The lowest BCUT2D eigenvalue weighted by Gasteiger charge is -2.36. The van der Waals surface area contributed by atoms with Crippen LogP contribution < -0.4 is 9.64 Å². The summed E-state index contributed by atoms with van der Waals surface area (Å²) in [5.41, 5.74) is 2.42. The molecule has 0 amide bonds. The summed E-state index contributed by atoms with van der Waals surface area (Å²) in [5.74, 6) is 0.865. The molecule has 0 atom stereocenters. The maximum absolute atomic E-state index is 13.1. The summed E-state index contributed by atoms with van der Waals surface area (Å²) in [7, 11) is 1.65. The number of carbonyl (C=O) groups excluding carboxylic acids is 1. The number of ketones is 1. The van der Waals surface area contributed by atoms with E-state index in [9.17, 15) is 23.1 Å². The minimum Gasteiger partial charge on any atom is -0.508 e. The number of carbonyl (C=O) groups is 1. The number of benzene rings is 3. The van der Waals surface area contributed by atoms with Crippen LogP contribution in [0.4, 0.5) is 18.9 Å². The number of hydrogen-bond acceptors (Lipinski definition) is 7. The number of methoxy groups -OCH3 is 1. The number of anilines is 1. The van der Waals surface area contributed by atoms with E-state index in [4.69, 9.17) is 9.72 Å². The third-order valence-electron chi connectivity index (χ3n) is 7.19. The Kier molecular flexibility index (Phi) is 8.60. The molecule has 0 radical (unpaired) electrons. The van der Waals surface area contributed by atoms with Gasteiger partial charge < -0.3 is 14.7 Å². The molecule has 2 heterocycles. The standard InChI is InChI=1S/C31H30F3N3O3S/c1-40-26-12-8-24(9-13-26)37-18-16-36(17-19-37)20-27-29(15-14-28(39)21-4-10-25(38)11-5-21)41-30(35-27)22-2-6-23(7-3-22)31(32,33)34/h2-13,38H,14-20H2,1H3. The highest BCUT2D eigenvalue weighted by atomic mass is 32.1. The molecule has 0 saturated carbocycles. The average Bonchev–Trinajstić information content (AvgIpc) is 3.38. The molecule has 214 valence electrons. The van der Waals surface area contributed by atoms with Crippen LogP contribution in [0.3, 0.4) is 0 Å². The van der Waals surface area contributed by atoms with Gasteiger partial charge in [0, 0.05) is 60.8 Å². The zero-order valence-electron chi connectivity index (χ0n) is 22.5. The molecule has 1 saturated heterocycles. The molecule has 1 aliphatic heterocycles. The molecule has 3 aromatic carbocycles. The first kappa shape index (κ1) is 28.6. The van der Waals surface area contributed by atoms with Crippen LogP contribution in [0.5, 0.6) is 11.5 Å². The van der Waals surface area contributed by atoms with Crippen LogP contribution in [0.15, 0.2) is 72.8 Å². The first-order chi connectivity index (χ1) is 19.7. The molecule has 5 rings (SSSR count). The van der Waals surface area contributed by atoms with Crippen LogP contribution in [0.2, 0.25) is 0 Å². The molecule has 1 fully saturated rings. The number of hydrogen-bond donors (Lipinski definition) is 1. The van der Waals surface area contributed by atoms with Crippen LogP contribution in [0, 0.1) is 0 Å². The zero-order chi connectivity index (χ0) is 29.0. The second kappa shape index (κ2) is 12.3. The van der Waals surface area contributed by atoms with Gasteiger partial charge in [0.05, 0.1) is 18.4 Å². The molecular formula is C31H30F3N3O3S. The third-order valence-corrected chi connectivity index (χ3v) is 8.40. The molecule has 1 aromatic heterocycles. The fraction of sp³-hybridized carbons (Fsp3) is 0.290. The maximum Gasteiger partial charge on any atom is 0.416 e. The summed E-state index contributed by atoms with van der Waals surface area (Å²) >= 11 is 1.42. The number of phenols is 1. The lowest BCUT2D eigenvalue weighted by molar-refractivity contribution is -0.137. The monoisotopic (exact) mass is 581 g/mol. The van der Waals surface area contributed by atoms with Crippen LogP contribution in [0.25, 0.3) is 10.6 Å². The van der Waals surface area contributed by atoms with Crippen molar-refractivity contribution in [1.82, 2.24) is 9.88 Å². The number of aromatic hydroxyl groups is 1. The molecule has 0 spiro atoms. The van der Waals surface area contributed by atoms with Crippen molar-refractivity contribution in [2.75, 3.05) is 38.2 Å². The molecule has 10 heteroatoms. The number of aryl methyl sites for hydroxylation is 1. The lowest BCUT2D eigenvalue weighted by Crippen LogP contribution is -2.46. The minimum absolute atomic E-state index is 0.0477. The average molecular weight is 582 g/mol. The summed E-state index contributed by atoms with van der Waals surface area (Å²) in [6, 6.07) is 19.2. The second-order valence-electron chi connectivity index (χ2n) is 9.90. The summed E-state index contributed by atoms with van der Waals surface area (Å²) in [6.45, 7) is 3.93. The van der Waals surface area contributed by atoms with E-state index in [1.165, 1.54) is 35.6 Å². The third kappa shape index (κ3) is 7.07. The first-order valence-electron chi connectivity index (χ1n) is 13.3. The van der Waals surface area contributed by atoms with Crippen LogP contribution in [-0.2, 0) is 19.1 Å². The van der Waals surface area contributed by atoms with Crippen molar-refractivity contribution < 1.29 is 27.8 Å². The molecule has 1 aliphatic rings. The van der Waals surface area contributed by atoms with Gasteiger partial charge in [0.15, 0.2) is 5.78 Å². The second-order valence-corrected chi connectivity index (χ2v) is 11.0. The van der Waals surface area contributed by atoms with Crippen LogP contribution in [0.1, 0.15) is 32.9 Å². The predicted molar refractivity (Wildman–Crippen MR) is 154 cm³/mol. The highest BCUT2D eigenvalue weighted by Crippen LogP contribution is 2.34. The quantitative estimate of drug-likeness (QED) is 0.223. The van der Waals surface area contributed by atoms with Gasteiger partial charge in [-0.1, -0.05) is 12.1 Å². The highest BCUT2D eigenvalue weighted by Gasteiger charge is 2.30. The van der Waals surface area contributed by atoms with Crippen molar-refractivity contribution in [3.05, 3.63) is 94.5 Å². The van der Waals surface area contributed by atoms with E-state index < -0.39 is 11.7 Å². The number of nitrogens with zero attached hydrogens (tertiary/aromatic N) is 3. The van der Waals surface area contributed by atoms with Crippen LogP contribution in [-0.4, -0.2) is 54.1 Å². The summed E-state index contributed by atoms with van der Waals surface area (Å²) in [4.78, 5) is 23.3. The fourth-order valence-corrected chi connectivity index (χ4v) is 5.89. The molecule has 4 aromatic rings.